The molecule has 1 aromatic carbocycles. The molecule has 5 nitrogen and oxygen atoms in total. The minimum absolute atomic E-state index is 0.261. The van der Waals surface area contributed by atoms with E-state index in [1.54, 1.807) is 42.6 Å². The van der Waals surface area contributed by atoms with E-state index in [0.29, 0.717) is 34.8 Å². The van der Waals surface area contributed by atoms with Crippen LogP contribution in [0.15, 0.2) is 42.6 Å². The Hall–Kier alpha value is -2.18. The van der Waals surface area contributed by atoms with Crippen molar-refractivity contribution in [3.63, 3.8) is 0 Å². The molecule has 2 rings (SSSR count). The number of carbonyl (C=O) groups excluding carboxylic acids is 1. The number of anilines is 1. The molecule has 0 bridgehead atoms. The van der Waals surface area contributed by atoms with E-state index in [4.69, 9.17) is 22.7 Å². The minimum atomic E-state index is -0.261. The zero-order valence-corrected chi connectivity index (χ0v) is 11.6. The van der Waals surface area contributed by atoms with Crippen molar-refractivity contribution in [2.75, 3.05) is 18.5 Å². The number of hydrogen-bond acceptors (Lipinski definition) is 4. The fourth-order valence-corrected chi connectivity index (χ4v) is 1.87. The first kappa shape index (κ1) is 14.2. The van der Waals surface area contributed by atoms with E-state index in [1.807, 2.05) is 0 Å². The summed E-state index contributed by atoms with van der Waals surface area (Å²) in [6.45, 7) is 0.872. The van der Waals surface area contributed by atoms with E-state index in [9.17, 15) is 4.79 Å². The maximum absolute atomic E-state index is 12.1. The Kier molecular flexibility index (Phi) is 4.86. The molecule has 0 spiro atoms. The number of aromatic nitrogens is 1. The molecule has 0 aliphatic carbocycles. The van der Waals surface area contributed by atoms with E-state index < -0.39 is 0 Å². The van der Waals surface area contributed by atoms with E-state index in [1.165, 1.54) is 0 Å². The van der Waals surface area contributed by atoms with Gasteiger partial charge in [0.15, 0.2) is 0 Å². The van der Waals surface area contributed by atoms with Gasteiger partial charge in [-0.05, 0) is 24.3 Å². The highest BCUT2D eigenvalue weighted by Gasteiger charge is 2.08. The number of pyridine rings is 1. The summed E-state index contributed by atoms with van der Waals surface area (Å²) in [5.41, 5.74) is 6.45. The minimum Gasteiger partial charge on any atom is -0.492 e. The van der Waals surface area contributed by atoms with Crippen molar-refractivity contribution in [3.8, 4) is 5.75 Å². The summed E-state index contributed by atoms with van der Waals surface area (Å²) < 4.78 is 5.81. The summed E-state index contributed by atoms with van der Waals surface area (Å²) in [5, 5.41) is 2.78. The third-order valence-electron chi connectivity index (χ3n) is 2.54. The summed E-state index contributed by atoms with van der Waals surface area (Å²) in [7, 11) is 0. The molecule has 6 heteroatoms. The van der Waals surface area contributed by atoms with Gasteiger partial charge in [-0.25, -0.2) is 0 Å². The number of rotatable bonds is 5. The second-order valence-electron chi connectivity index (χ2n) is 4.03. The quantitative estimate of drug-likeness (QED) is 0.738. The zero-order valence-electron chi connectivity index (χ0n) is 10.8. The first-order valence-corrected chi connectivity index (χ1v) is 6.53. The molecule has 0 aliphatic rings. The van der Waals surface area contributed by atoms with Crippen molar-refractivity contribution in [3.05, 3.63) is 52.8 Å². The van der Waals surface area contributed by atoms with E-state index in [0.717, 1.165) is 0 Å². The predicted octanol–water partition coefficient (Wildman–Crippen LogP) is 2.33. The molecule has 0 saturated carbocycles. The van der Waals surface area contributed by atoms with E-state index >= 15 is 0 Å². The lowest BCUT2D eigenvalue weighted by Gasteiger charge is -2.08. The van der Waals surface area contributed by atoms with Gasteiger partial charge in [0.25, 0.3) is 5.91 Å². The highest BCUT2D eigenvalue weighted by Crippen LogP contribution is 2.18. The van der Waals surface area contributed by atoms with Crippen molar-refractivity contribution >= 4 is 23.8 Å². The van der Waals surface area contributed by atoms with Crippen LogP contribution < -0.4 is 15.8 Å². The average molecular weight is 289 g/mol. The number of carbonyl (C=O) groups is 1. The zero-order chi connectivity index (χ0) is 14.4. The highest BCUT2D eigenvalue weighted by molar-refractivity contribution is 7.71. The van der Waals surface area contributed by atoms with Gasteiger partial charge in [0, 0.05) is 24.5 Å². The second-order valence-corrected chi connectivity index (χ2v) is 4.44. The van der Waals surface area contributed by atoms with Crippen LogP contribution in [0.1, 0.15) is 10.4 Å². The van der Waals surface area contributed by atoms with Gasteiger partial charge in [-0.15, -0.1) is 0 Å². The Morgan fingerprint density at radius 1 is 1.35 bits per heavy atom. The summed E-state index contributed by atoms with van der Waals surface area (Å²) in [6, 6.07) is 10.5. The molecule has 4 N–H and O–H groups in total. The molecule has 0 unspecified atom stereocenters. The number of aromatic amines is 1. The monoisotopic (exact) mass is 289 g/mol. The normalized spacial score (nSPS) is 10.1. The molecule has 1 aromatic heterocycles. The number of H-pyrrole nitrogens is 1. The molecule has 0 radical (unpaired) electrons. The molecule has 0 atom stereocenters. The first-order valence-electron chi connectivity index (χ1n) is 6.12. The summed E-state index contributed by atoms with van der Waals surface area (Å²) in [6.07, 6.45) is 1.68. The molecular weight excluding hydrogens is 274 g/mol. The van der Waals surface area contributed by atoms with Crippen LogP contribution in [0, 0.1) is 4.64 Å². The molecule has 0 fully saturated rings. The molecule has 104 valence electrons. The van der Waals surface area contributed by atoms with Crippen LogP contribution in [0.25, 0.3) is 0 Å². The predicted molar refractivity (Wildman–Crippen MR) is 80.6 cm³/mol. The van der Waals surface area contributed by atoms with Crippen molar-refractivity contribution in [1.29, 1.82) is 0 Å². The first-order chi connectivity index (χ1) is 9.70. The van der Waals surface area contributed by atoms with Crippen molar-refractivity contribution in [2.45, 2.75) is 0 Å². The SMILES string of the molecule is NCCOc1cccc(NC(=O)c2ccc[nH]c2=S)c1. The third-order valence-corrected chi connectivity index (χ3v) is 2.88. The fraction of sp³-hybridized carbons (Fsp3) is 0.143. The number of nitrogens with one attached hydrogen (secondary N) is 2. The summed E-state index contributed by atoms with van der Waals surface area (Å²) in [4.78, 5) is 14.9. The van der Waals surface area contributed by atoms with Crippen LogP contribution >= 0.6 is 12.2 Å². The van der Waals surface area contributed by atoms with Crippen LogP contribution in [0.2, 0.25) is 0 Å². The van der Waals surface area contributed by atoms with Gasteiger partial charge >= 0.3 is 0 Å². The van der Waals surface area contributed by atoms with Gasteiger partial charge in [0.2, 0.25) is 0 Å². The van der Waals surface area contributed by atoms with Gasteiger partial charge in [0.05, 0.1) is 5.56 Å². The van der Waals surface area contributed by atoms with Crippen molar-refractivity contribution < 1.29 is 9.53 Å². The Balaban J connectivity index is 2.12. The molecule has 20 heavy (non-hydrogen) atoms. The topological polar surface area (TPSA) is 80.1 Å². The van der Waals surface area contributed by atoms with Gasteiger partial charge in [-0.1, -0.05) is 18.3 Å². The largest absolute Gasteiger partial charge is 0.492 e. The van der Waals surface area contributed by atoms with Crippen LogP contribution in [-0.4, -0.2) is 24.0 Å². The standard InChI is InChI=1S/C14H15N3O2S/c15-6-8-19-11-4-1-3-10(9-11)17-13(18)12-5-2-7-16-14(12)20/h1-5,7,9H,6,8,15H2,(H,16,20)(H,17,18). The Morgan fingerprint density at radius 3 is 2.95 bits per heavy atom. The van der Waals surface area contributed by atoms with E-state index in [-0.39, 0.29) is 5.91 Å². The van der Waals surface area contributed by atoms with Gasteiger partial charge in [-0.2, -0.15) is 0 Å². The second kappa shape index (κ2) is 6.83. The lowest BCUT2D eigenvalue weighted by atomic mass is 10.2. The highest BCUT2D eigenvalue weighted by atomic mass is 32.1. The fourth-order valence-electron chi connectivity index (χ4n) is 1.64. The van der Waals surface area contributed by atoms with Crippen LogP contribution in [-0.2, 0) is 0 Å². The van der Waals surface area contributed by atoms with Gasteiger partial charge < -0.3 is 20.8 Å². The van der Waals surface area contributed by atoms with Crippen LogP contribution in [0.4, 0.5) is 5.69 Å². The van der Waals surface area contributed by atoms with Crippen molar-refractivity contribution in [2.24, 2.45) is 5.73 Å². The number of hydrogen-bond donors (Lipinski definition) is 3. The number of nitrogens with two attached hydrogens (primary N) is 1. The average Bonchev–Trinajstić information content (AvgIpc) is 2.46. The number of amides is 1. The molecule has 1 amide bonds. The van der Waals surface area contributed by atoms with Gasteiger partial charge in [-0.3, -0.25) is 4.79 Å². The molecular formula is C14H15N3O2S. The smallest absolute Gasteiger partial charge is 0.258 e. The Bertz CT molecular complexity index is 655. The molecule has 0 saturated heterocycles. The van der Waals surface area contributed by atoms with E-state index in [2.05, 4.69) is 10.3 Å². The Labute approximate surface area is 121 Å². The molecule has 2 aromatic rings. The number of benzene rings is 1. The third kappa shape index (κ3) is 3.66. The van der Waals surface area contributed by atoms with Gasteiger partial charge in [0.1, 0.15) is 17.0 Å². The van der Waals surface area contributed by atoms with Crippen molar-refractivity contribution in [1.82, 2.24) is 4.98 Å². The number of ether oxygens (including phenoxy) is 1. The molecule has 0 aliphatic heterocycles. The summed E-state index contributed by atoms with van der Waals surface area (Å²) in [5.74, 6) is 0.397. The summed E-state index contributed by atoms with van der Waals surface area (Å²) >= 11 is 5.07. The van der Waals surface area contributed by atoms with Crippen LogP contribution in [0.3, 0.4) is 0 Å². The maximum atomic E-state index is 12.1. The molecule has 1 heterocycles. The van der Waals surface area contributed by atoms with Crippen LogP contribution in [0.5, 0.6) is 5.75 Å². The Morgan fingerprint density at radius 2 is 2.20 bits per heavy atom. The lowest BCUT2D eigenvalue weighted by Crippen LogP contribution is -2.13. The maximum Gasteiger partial charge on any atom is 0.258 e. The lowest BCUT2D eigenvalue weighted by molar-refractivity contribution is 0.102.